The average molecular weight is 603 g/mol. The van der Waals surface area contributed by atoms with Gasteiger partial charge in [-0.15, -0.1) is 0 Å². The summed E-state index contributed by atoms with van der Waals surface area (Å²) in [6.07, 6.45) is 9.81. The summed E-state index contributed by atoms with van der Waals surface area (Å²) in [6.45, 7) is 3.17. The minimum Gasteiger partial charge on any atom is -0.378 e. The van der Waals surface area contributed by atoms with Crippen LogP contribution in [0.2, 0.25) is 0 Å². The lowest BCUT2D eigenvalue weighted by Gasteiger charge is -2.38. The van der Waals surface area contributed by atoms with Gasteiger partial charge in [0.25, 0.3) is 0 Å². The van der Waals surface area contributed by atoms with Crippen LogP contribution in [-0.2, 0) is 4.74 Å². The lowest BCUT2D eigenvalue weighted by molar-refractivity contribution is -0.0820. The Balaban J connectivity index is 1.11. The molecule has 0 amide bonds. The number of allylic oxidation sites excluding steroid dienone is 2. The van der Waals surface area contributed by atoms with Crippen molar-refractivity contribution in [3.8, 4) is 11.1 Å². The number of hydrogen-bond donors (Lipinski definition) is 0. The van der Waals surface area contributed by atoms with E-state index in [-0.39, 0.29) is 17.8 Å². The van der Waals surface area contributed by atoms with Crippen molar-refractivity contribution >= 4 is 0 Å². The first kappa shape index (κ1) is 32.2. The molecule has 3 fully saturated rings. The first-order valence-electron chi connectivity index (χ1n) is 16.7. The Kier molecular flexibility index (Phi) is 11.0. The Labute approximate surface area is 254 Å². The van der Waals surface area contributed by atoms with Gasteiger partial charge in [-0.1, -0.05) is 62.6 Å². The zero-order chi connectivity index (χ0) is 30.4. The monoisotopic (exact) mass is 602 g/mol. The number of benzene rings is 2. The molecule has 2 aromatic rings. The molecule has 1 saturated heterocycles. The van der Waals surface area contributed by atoms with Crippen molar-refractivity contribution in [3.63, 3.8) is 0 Å². The Hall–Kier alpha value is -2.21. The van der Waals surface area contributed by atoms with Crippen molar-refractivity contribution in [2.75, 3.05) is 6.61 Å². The third-order valence-corrected chi connectivity index (χ3v) is 10.5. The van der Waals surface area contributed by atoms with Crippen LogP contribution in [0.4, 0.5) is 22.0 Å². The summed E-state index contributed by atoms with van der Waals surface area (Å²) in [5.74, 6) is 0.00694. The van der Waals surface area contributed by atoms with Crippen LogP contribution in [0.25, 0.3) is 11.1 Å². The number of hydrogen-bond acceptors (Lipinski definition) is 1. The minimum absolute atomic E-state index is 0.178. The van der Waals surface area contributed by atoms with E-state index in [0.717, 1.165) is 54.9 Å². The highest BCUT2D eigenvalue weighted by Gasteiger charge is 2.33. The van der Waals surface area contributed by atoms with Gasteiger partial charge in [0.05, 0.1) is 12.2 Å². The molecule has 6 heteroatoms. The van der Waals surface area contributed by atoms with E-state index in [1.165, 1.54) is 38.5 Å². The smallest absolute Gasteiger partial charge is 0.378 e. The first-order chi connectivity index (χ1) is 20.7. The summed E-state index contributed by atoms with van der Waals surface area (Å²) in [5, 5.41) is 0. The van der Waals surface area contributed by atoms with Crippen LogP contribution in [0.1, 0.15) is 120 Å². The molecule has 0 radical (unpaired) electrons. The maximum atomic E-state index is 15.4. The van der Waals surface area contributed by atoms with Crippen LogP contribution in [0, 0.1) is 23.6 Å². The largest absolute Gasteiger partial charge is 0.412 e. The van der Waals surface area contributed by atoms with Crippen molar-refractivity contribution in [1.29, 1.82) is 0 Å². The van der Waals surface area contributed by atoms with E-state index >= 15 is 4.39 Å². The van der Waals surface area contributed by atoms with Gasteiger partial charge in [0.1, 0.15) is 11.6 Å². The molecular formula is C37H47F5O. The second-order valence-electron chi connectivity index (χ2n) is 13.4. The molecule has 2 saturated carbocycles. The van der Waals surface area contributed by atoms with Gasteiger partial charge in [-0.2, -0.15) is 13.2 Å². The van der Waals surface area contributed by atoms with Crippen LogP contribution < -0.4 is 0 Å². The van der Waals surface area contributed by atoms with Crippen LogP contribution >= 0.6 is 0 Å². The molecular weight excluding hydrogens is 555 g/mol. The van der Waals surface area contributed by atoms with Crippen molar-refractivity contribution in [2.24, 2.45) is 17.8 Å². The number of halogens is 5. The van der Waals surface area contributed by atoms with Crippen LogP contribution in [0.15, 0.2) is 54.4 Å². The Morgan fingerprint density at radius 2 is 1.47 bits per heavy atom. The normalized spacial score (nSPS) is 29.0. The van der Waals surface area contributed by atoms with Gasteiger partial charge in [-0.3, -0.25) is 0 Å². The van der Waals surface area contributed by atoms with Crippen molar-refractivity contribution in [2.45, 2.75) is 121 Å². The second-order valence-corrected chi connectivity index (χ2v) is 13.4. The fourth-order valence-corrected chi connectivity index (χ4v) is 7.86. The summed E-state index contributed by atoms with van der Waals surface area (Å²) in [7, 11) is 0. The Morgan fingerprint density at radius 1 is 0.814 bits per heavy atom. The molecule has 5 rings (SSSR count). The van der Waals surface area contributed by atoms with Crippen molar-refractivity contribution in [1.82, 2.24) is 0 Å². The van der Waals surface area contributed by atoms with Crippen LogP contribution in [-0.4, -0.2) is 18.9 Å². The van der Waals surface area contributed by atoms with E-state index < -0.39 is 17.9 Å². The van der Waals surface area contributed by atoms with E-state index in [0.29, 0.717) is 49.2 Å². The summed E-state index contributed by atoms with van der Waals surface area (Å²) < 4.78 is 73.2. The number of unbranched alkanes of at least 4 members (excludes halogenated alkanes) is 2. The third kappa shape index (κ3) is 8.71. The molecule has 1 aliphatic heterocycles. The zero-order valence-corrected chi connectivity index (χ0v) is 25.5. The standard InChI is InChI=1S/C37H47F5O/c1-2-3-4-5-25-6-21-36(43-24-25)31-17-11-28(12-18-31)32-19-20-33(34(38)22-32)29-13-7-26(8-14-29)27-9-15-30(16-10-27)35(39)23-37(40,41)42/h7-8,13-14,19-20,22-23,25,27-28,30-31,36H,2-6,9-12,15-18,21,24H2,1H3/b35-23-. The van der Waals surface area contributed by atoms with Crippen molar-refractivity contribution < 1.29 is 26.7 Å². The van der Waals surface area contributed by atoms with Gasteiger partial charge < -0.3 is 4.74 Å². The summed E-state index contributed by atoms with van der Waals surface area (Å²) in [4.78, 5) is 0. The first-order valence-corrected chi connectivity index (χ1v) is 16.7. The lowest BCUT2D eigenvalue weighted by Crippen LogP contribution is -2.34. The molecule has 1 heterocycles. The predicted molar refractivity (Wildman–Crippen MR) is 163 cm³/mol. The summed E-state index contributed by atoms with van der Waals surface area (Å²) >= 11 is 0. The van der Waals surface area contributed by atoms with Gasteiger partial charge in [0.15, 0.2) is 0 Å². The Morgan fingerprint density at radius 3 is 2.07 bits per heavy atom. The highest BCUT2D eigenvalue weighted by Crippen LogP contribution is 2.43. The van der Waals surface area contributed by atoms with Gasteiger partial charge in [0, 0.05) is 18.1 Å². The summed E-state index contributed by atoms with van der Waals surface area (Å²) in [5.41, 5.74) is 3.55. The van der Waals surface area contributed by atoms with E-state index in [4.69, 9.17) is 4.74 Å². The topological polar surface area (TPSA) is 9.23 Å². The molecule has 0 bridgehead atoms. The van der Waals surface area contributed by atoms with E-state index in [1.807, 2.05) is 30.3 Å². The fraction of sp³-hybridized carbons (Fsp3) is 0.622. The van der Waals surface area contributed by atoms with Gasteiger partial charge in [-0.25, -0.2) is 8.78 Å². The molecule has 0 aromatic heterocycles. The SMILES string of the molecule is CCCCCC1CCC(C2CCC(c3ccc(-c4ccc(C5CCC(/C(F)=C/C(F)(F)F)CC5)cc4)c(F)c3)CC2)OC1. The molecule has 0 N–H and O–H groups in total. The maximum absolute atomic E-state index is 15.4. The Bertz CT molecular complexity index is 1180. The zero-order valence-electron chi connectivity index (χ0n) is 25.5. The average Bonchev–Trinajstić information content (AvgIpc) is 3.01. The van der Waals surface area contributed by atoms with Gasteiger partial charge in [-0.05, 0) is 117 Å². The lowest BCUT2D eigenvalue weighted by atomic mass is 9.74. The molecule has 2 aliphatic carbocycles. The van der Waals surface area contributed by atoms with Crippen LogP contribution in [0.3, 0.4) is 0 Å². The van der Waals surface area contributed by atoms with Gasteiger partial charge >= 0.3 is 6.18 Å². The summed E-state index contributed by atoms with van der Waals surface area (Å²) in [6, 6.07) is 13.5. The molecule has 3 aliphatic rings. The van der Waals surface area contributed by atoms with E-state index in [9.17, 15) is 17.6 Å². The number of alkyl halides is 3. The quantitative estimate of drug-likeness (QED) is 0.205. The predicted octanol–water partition coefficient (Wildman–Crippen LogP) is 11.8. The number of rotatable bonds is 9. The van der Waals surface area contributed by atoms with E-state index in [1.54, 1.807) is 6.07 Å². The molecule has 1 nitrogen and oxygen atoms in total. The highest BCUT2D eigenvalue weighted by atomic mass is 19.4. The van der Waals surface area contributed by atoms with Crippen molar-refractivity contribution in [3.05, 3.63) is 71.3 Å². The molecule has 0 spiro atoms. The molecule has 2 unspecified atom stereocenters. The number of ether oxygens (including phenoxy) is 1. The second kappa shape index (κ2) is 14.7. The third-order valence-electron chi connectivity index (χ3n) is 10.5. The van der Waals surface area contributed by atoms with Crippen LogP contribution in [0.5, 0.6) is 0 Å². The fourth-order valence-electron chi connectivity index (χ4n) is 7.86. The molecule has 236 valence electrons. The molecule has 2 aromatic carbocycles. The molecule has 43 heavy (non-hydrogen) atoms. The molecule has 2 atom stereocenters. The minimum atomic E-state index is -4.62. The maximum Gasteiger partial charge on any atom is 0.412 e. The van der Waals surface area contributed by atoms with Gasteiger partial charge in [0.2, 0.25) is 0 Å². The van der Waals surface area contributed by atoms with E-state index in [2.05, 4.69) is 13.0 Å². The highest BCUT2D eigenvalue weighted by molar-refractivity contribution is 5.65.